The van der Waals surface area contributed by atoms with Crippen LogP contribution in [0.25, 0.3) is 0 Å². The van der Waals surface area contributed by atoms with Gasteiger partial charge in [0.25, 0.3) is 0 Å². The fourth-order valence-corrected chi connectivity index (χ4v) is 2.57. The van der Waals surface area contributed by atoms with E-state index in [-0.39, 0.29) is 12.8 Å². The van der Waals surface area contributed by atoms with Crippen LogP contribution in [0.1, 0.15) is 50.1 Å². The van der Waals surface area contributed by atoms with Crippen LogP contribution < -0.4 is 0 Å². The van der Waals surface area contributed by atoms with Crippen molar-refractivity contribution in [2.24, 2.45) is 7.05 Å². The monoisotopic (exact) mass is 297 g/mol. The Morgan fingerprint density at radius 1 is 1.29 bits per heavy atom. The molecule has 0 aliphatic heterocycles. The van der Waals surface area contributed by atoms with Crippen LogP contribution in [-0.4, -0.2) is 30.8 Å². The average molecular weight is 297 g/mol. The molecule has 0 unspecified atom stereocenters. The van der Waals surface area contributed by atoms with Crippen molar-refractivity contribution in [2.75, 3.05) is 0 Å². The summed E-state index contributed by atoms with van der Waals surface area (Å²) in [5, 5.41) is 7.91. The first-order valence-corrected chi connectivity index (χ1v) is 6.92. The van der Waals surface area contributed by atoms with Gasteiger partial charge in [-0.1, -0.05) is 12.1 Å². The number of halogens is 2. The molecule has 8 heteroatoms. The Labute approximate surface area is 120 Å². The number of aryl methyl sites for hydroxylation is 1. The lowest BCUT2D eigenvalue weighted by Crippen LogP contribution is -2.34. The molecule has 0 N–H and O–H groups in total. The Bertz CT molecular complexity index is 626. The highest BCUT2D eigenvalue weighted by Gasteiger charge is 2.44. The van der Waals surface area contributed by atoms with E-state index in [1.165, 1.54) is 6.33 Å². The van der Waals surface area contributed by atoms with Crippen molar-refractivity contribution in [3.8, 4) is 0 Å². The van der Waals surface area contributed by atoms with Crippen molar-refractivity contribution in [3.63, 3.8) is 0 Å². The maximum absolute atomic E-state index is 13.3. The normalized spacial score (nSPS) is 20.6. The first-order chi connectivity index (χ1) is 9.88. The van der Waals surface area contributed by atoms with E-state index < -0.39 is 11.3 Å². The first-order valence-electron chi connectivity index (χ1n) is 6.92. The summed E-state index contributed by atoms with van der Waals surface area (Å²) in [7, 11) is 1.79. The van der Waals surface area contributed by atoms with Gasteiger partial charge in [0, 0.05) is 25.3 Å². The minimum Gasteiger partial charge on any atom is -0.339 e. The van der Waals surface area contributed by atoms with E-state index in [2.05, 4.69) is 20.2 Å². The van der Waals surface area contributed by atoms with Crippen molar-refractivity contribution in [1.29, 1.82) is 0 Å². The van der Waals surface area contributed by atoms with Gasteiger partial charge in [-0.2, -0.15) is 10.1 Å². The van der Waals surface area contributed by atoms with E-state index in [1.54, 1.807) is 11.7 Å². The van der Waals surface area contributed by atoms with E-state index in [9.17, 15) is 8.78 Å². The number of alkyl halides is 2. The van der Waals surface area contributed by atoms with E-state index in [1.807, 2.05) is 6.92 Å². The third-order valence-corrected chi connectivity index (χ3v) is 4.19. The molecular formula is C13H17F2N5O. The van der Waals surface area contributed by atoms with Gasteiger partial charge in [0.2, 0.25) is 11.8 Å². The molecule has 0 saturated heterocycles. The van der Waals surface area contributed by atoms with Gasteiger partial charge in [-0.3, -0.25) is 4.68 Å². The molecule has 114 valence electrons. The summed E-state index contributed by atoms with van der Waals surface area (Å²) in [4.78, 5) is 8.47. The van der Waals surface area contributed by atoms with Crippen molar-refractivity contribution >= 4 is 0 Å². The Morgan fingerprint density at radius 2 is 2.00 bits per heavy atom. The molecule has 2 aromatic rings. The van der Waals surface area contributed by atoms with Crippen molar-refractivity contribution < 1.29 is 13.3 Å². The molecule has 2 aromatic heterocycles. The van der Waals surface area contributed by atoms with Gasteiger partial charge in [0.05, 0.1) is 6.42 Å². The zero-order valence-electron chi connectivity index (χ0n) is 12.0. The molecule has 0 spiro atoms. The topological polar surface area (TPSA) is 69.6 Å². The molecule has 2 heterocycles. The van der Waals surface area contributed by atoms with Crippen LogP contribution in [0, 0.1) is 0 Å². The Hall–Kier alpha value is -1.86. The summed E-state index contributed by atoms with van der Waals surface area (Å²) in [6.45, 7) is 1.90. The zero-order valence-corrected chi connectivity index (χ0v) is 12.0. The number of rotatable bonds is 3. The molecule has 21 heavy (non-hydrogen) atoms. The van der Waals surface area contributed by atoms with Gasteiger partial charge in [-0.25, -0.2) is 13.8 Å². The van der Waals surface area contributed by atoms with Crippen LogP contribution in [0.15, 0.2) is 10.9 Å². The molecule has 0 atom stereocenters. The van der Waals surface area contributed by atoms with E-state index in [0.29, 0.717) is 31.0 Å². The minimum absolute atomic E-state index is 0.134. The molecule has 0 amide bonds. The van der Waals surface area contributed by atoms with Crippen LogP contribution in [0.2, 0.25) is 0 Å². The van der Waals surface area contributed by atoms with Gasteiger partial charge < -0.3 is 4.52 Å². The summed E-state index contributed by atoms with van der Waals surface area (Å²) in [6, 6.07) is 0. The first kappa shape index (κ1) is 14.1. The zero-order chi connectivity index (χ0) is 15.1. The van der Waals surface area contributed by atoms with Gasteiger partial charge >= 0.3 is 0 Å². The summed E-state index contributed by atoms with van der Waals surface area (Å²) in [6.07, 6.45) is 2.30. The predicted molar refractivity (Wildman–Crippen MR) is 68.9 cm³/mol. The molecular weight excluding hydrogens is 280 g/mol. The Kier molecular flexibility index (Phi) is 3.26. The second-order valence-corrected chi connectivity index (χ2v) is 5.91. The van der Waals surface area contributed by atoms with Crippen LogP contribution in [-0.2, 0) is 18.9 Å². The third kappa shape index (κ3) is 2.79. The van der Waals surface area contributed by atoms with Gasteiger partial charge in [0.1, 0.15) is 12.2 Å². The van der Waals surface area contributed by atoms with Crippen molar-refractivity contribution in [3.05, 3.63) is 23.9 Å². The van der Waals surface area contributed by atoms with Gasteiger partial charge in [-0.05, 0) is 12.8 Å². The summed E-state index contributed by atoms with van der Waals surface area (Å²) < 4.78 is 33.5. The molecule has 0 radical (unpaired) electrons. The molecule has 1 fully saturated rings. The third-order valence-electron chi connectivity index (χ3n) is 4.19. The number of hydrogen-bond acceptors (Lipinski definition) is 5. The van der Waals surface area contributed by atoms with Gasteiger partial charge in [-0.15, -0.1) is 0 Å². The molecule has 1 aliphatic rings. The van der Waals surface area contributed by atoms with E-state index in [0.717, 1.165) is 5.82 Å². The summed E-state index contributed by atoms with van der Waals surface area (Å²) in [5.74, 6) is -0.904. The average Bonchev–Trinajstić information content (AvgIpc) is 3.05. The molecule has 1 saturated carbocycles. The van der Waals surface area contributed by atoms with Crippen LogP contribution >= 0.6 is 0 Å². The van der Waals surface area contributed by atoms with Gasteiger partial charge in [0.15, 0.2) is 5.82 Å². The lowest BCUT2D eigenvalue weighted by atomic mass is 9.74. The van der Waals surface area contributed by atoms with Crippen molar-refractivity contribution in [1.82, 2.24) is 24.9 Å². The number of aromatic nitrogens is 5. The maximum Gasteiger partial charge on any atom is 0.248 e. The Balaban J connectivity index is 1.74. The van der Waals surface area contributed by atoms with Crippen LogP contribution in [0.5, 0.6) is 0 Å². The van der Waals surface area contributed by atoms with E-state index >= 15 is 0 Å². The fraction of sp³-hybridized carbons (Fsp3) is 0.692. The standard InChI is InChI=1S/C13H17F2N5O/c1-12(3-5-13(14,15)6-4-12)11-18-9(19-21-11)7-10-16-8-17-20(10)2/h8H,3-7H2,1-2H3. The number of hydrogen-bond donors (Lipinski definition) is 0. The smallest absolute Gasteiger partial charge is 0.248 e. The Morgan fingerprint density at radius 3 is 2.62 bits per heavy atom. The quantitative estimate of drug-likeness (QED) is 0.869. The summed E-state index contributed by atoms with van der Waals surface area (Å²) >= 11 is 0. The molecule has 6 nitrogen and oxygen atoms in total. The van der Waals surface area contributed by atoms with Crippen LogP contribution in [0.4, 0.5) is 8.78 Å². The SMILES string of the molecule is Cn1ncnc1Cc1noc(C2(C)CCC(F)(F)CC2)n1. The largest absolute Gasteiger partial charge is 0.339 e. The molecule has 0 aromatic carbocycles. The predicted octanol–water partition coefficient (Wildman–Crippen LogP) is 2.26. The van der Waals surface area contributed by atoms with Crippen molar-refractivity contribution in [2.45, 2.75) is 50.4 Å². The molecule has 3 rings (SSSR count). The molecule has 0 bridgehead atoms. The lowest BCUT2D eigenvalue weighted by Gasteiger charge is -2.34. The fourth-order valence-electron chi connectivity index (χ4n) is 2.57. The number of nitrogens with zero attached hydrogens (tertiary/aromatic N) is 5. The second-order valence-electron chi connectivity index (χ2n) is 5.91. The highest BCUT2D eigenvalue weighted by Crippen LogP contribution is 2.44. The minimum atomic E-state index is -2.57. The highest BCUT2D eigenvalue weighted by atomic mass is 19.3. The van der Waals surface area contributed by atoms with E-state index in [4.69, 9.17) is 4.52 Å². The lowest BCUT2D eigenvalue weighted by molar-refractivity contribution is -0.0532. The second kappa shape index (κ2) is 4.85. The highest BCUT2D eigenvalue weighted by molar-refractivity contribution is 5.08. The van der Waals surface area contributed by atoms with Crippen LogP contribution in [0.3, 0.4) is 0 Å². The molecule has 1 aliphatic carbocycles. The maximum atomic E-state index is 13.3. The summed E-state index contributed by atoms with van der Waals surface area (Å²) in [5.41, 5.74) is -0.465.